The van der Waals surface area contributed by atoms with Gasteiger partial charge in [-0.05, 0) is 42.8 Å². The van der Waals surface area contributed by atoms with Crippen LogP contribution in [-0.4, -0.2) is 36.2 Å². The lowest BCUT2D eigenvalue weighted by Gasteiger charge is -2.09. The molecule has 0 aliphatic heterocycles. The highest BCUT2D eigenvalue weighted by molar-refractivity contribution is 7.89. The number of amides is 1. The van der Waals surface area contributed by atoms with Crippen molar-refractivity contribution in [2.75, 3.05) is 12.3 Å². The van der Waals surface area contributed by atoms with E-state index in [2.05, 4.69) is 15.0 Å². The van der Waals surface area contributed by atoms with Gasteiger partial charge in [-0.1, -0.05) is 48.5 Å². The summed E-state index contributed by atoms with van der Waals surface area (Å²) in [7, 11) is -3.51. The van der Waals surface area contributed by atoms with Crippen LogP contribution in [0.25, 0.3) is 16.7 Å². The van der Waals surface area contributed by atoms with Crippen LogP contribution >= 0.6 is 0 Å². The molecule has 0 saturated carbocycles. The highest BCUT2D eigenvalue weighted by atomic mass is 32.2. The lowest BCUT2D eigenvalue weighted by atomic mass is 10.2. The van der Waals surface area contributed by atoms with Gasteiger partial charge in [-0.3, -0.25) is 9.36 Å². The number of carbonyl (C=O) groups excluding carboxylic acids is 1. The van der Waals surface area contributed by atoms with Gasteiger partial charge in [0, 0.05) is 24.3 Å². The van der Waals surface area contributed by atoms with Crippen molar-refractivity contribution in [3.8, 4) is 5.69 Å². The van der Waals surface area contributed by atoms with E-state index in [1.54, 1.807) is 12.1 Å². The van der Waals surface area contributed by atoms with Crippen LogP contribution in [0.15, 0.2) is 78.9 Å². The number of aromatic nitrogens is 2. The molecule has 164 valence electrons. The van der Waals surface area contributed by atoms with Crippen LogP contribution in [0.3, 0.4) is 0 Å². The zero-order chi connectivity index (χ0) is 22.6. The molecular formula is C24H24N4O3S. The number of imidazole rings is 1. The summed E-state index contributed by atoms with van der Waals surface area (Å²) in [6.45, 7) is 2.15. The van der Waals surface area contributed by atoms with Gasteiger partial charge >= 0.3 is 0 Å². The highest BCUT2D eigenvalue weighted by Crippen LogP contribution is 2.22. The highest BCUT2D eigenvalue weighted by Gasteiger charge is 2.14. The number of benzene rings is 3. The van der Waals surface area contributed by atoms with Crippen LogP contribution in [0.1, 0.15) is 21.7 Å². The first-order valence-corrected chi connectivity index (χ1v) is 11.9. The van der Waals surface area contributed by atoms with E-state index in [-0.39, 0.29) is 24.7 Å². The average molecular weight is 449 g/mol. The normalized spacial score (nSPS) is 11.5. The molecule has 0 aliphatic carbocycles. The Labute approximate surface area is 187 Å². The minimum absolute atomic E-state index is 0.0124. The van der Waals surface area contributed by atoms with Gasteiger partial charge in [-0.2, -0.15) is 0 Å². The number of para-hydroxylation sites is 1. The lowest BCUT2D eigenvalue weighted by Crippen LogP contribution is -2.34. The first-order valence-electron chi connectivity index (χ1n) is 10.3. The molecule has 32 heavy (non-hydrogen) atoms. The molecule has 0 unspecified atom stereocenters. The Kier molecular flexibility index (Phi) is 6.34. The van der Waals surface area contributed by atoms with E-state index in [0.29, 0.717) is 11.1 Å². The van der Waals surface area contributed by atoms with E-state index in [1.165, 1.54) is 0 Å². The third-order valence-electron chi connectivity index (χ3n) is 5.09. The van der Waals surface area contributed by atoms with Crippen molar-refractivity contribution in [3.05, 3.63) is 95.8 Å². The predicted octanol–water partition coefficient (Wildman–Crippen LogP) is 3.18. The van der Waals surface area contributed by atoms with Crippen molar-refractivity contribution in [2.45, 2.75) is 13.5 Å². The molecule has 0 bridgehead atoms. The molecule has 1 aromatic heterocycles. The van der Waals surface area contributed by atoms with E-state index in [0.717, 1.165) is 22.6 Å². The molecule has 0 atom stereocenters. The largest absolute Gasteiger partial charge is 0.351 e. The summed E-state index contributed by atoms with van der Waals surface area (Å²) in [5.41, 5.74) is 3.91. The van der Waals surface area contributed by atoms with Crippen LogP contribution in [-0.2, 0) is 16.6 Å². The third-order valence-corrected chi connectivity index (χ3v) is 6.42. The number of fused-ring (bicyclic) bond motifs is 1. The van der Waals surface area contributed by atoms with E-state index in [9.17, 15) is 13.2 Å². The molecular weight excluding hydrogens is 424 g/mol. The Bertz CT molecular complexity index is 1330. The topological polar surface area (TPSA) is 93.1 Å². The minimum atomic E-state index is -3.51. The van der Waals surface area contributed by atoms with Crippen molar-refractivity contribution >= 4 is 27.0 Å². The Balaban J connectivity index is 1.39. The number of nitrogens with one attached hydrogen (secondary N) is 2. The lowest BCUT2D eigenvalue weighted by molar-refractivity contribution is 0.0956. The maximum atomic E-state index is 12.6. The molecule has 0 aliphatic rings. The summed E-state index contributed by atoms with van der Waals surface area (Å²) in [5.74, 6) is 0.284. The van der Waals surface area contributed by atoms with Crippen LogP contribution in [0.5, 0.6) is 0 Å². The van der Waals surface area contributed by atoms with Crippen molar-refractivity contribution in [3.63, 3.8) is 0 Å². The number of carbonyl (C=O) groups is 1. The molecule has 2 N–H and O–H groups in total. The monoisotopic (exact) mass is 448 g/mol. The molecule has 0 radical (unpaired) electrons. The second-order valence-electron chi connectivity index (χ2n) is 7.41. The van der Waals surface area contributed by atoms with Gasteiger partial charge in [-0.15, -0.1) is 0 Å². The maximum Gasteiger partial charge on any atom is 0.251 e. The van der Waals surface area contributed by atoms with Crippen molar-refractivity contribution < 1.29 is 13.2 Å². The molecule has 4 aromatic rings. The number of hydrogen-bond acceptors (Lipinski definition) is 4. The second kappa shape index (κ2) is 9.33. The number of rotatable bonds is 8. The molecule has 0 saturated heterocycles. The van der Waals surface area contributed by atoms with E-state index in [4.69, 9.17) is 0 Å². The van der Waals surface area contributed by atoms with Gasteiger partial charge in [0.05, 0.1) is 16.8 Å². The second-order valence-corrected chi connectivity index (χ2v) is 9.34. The van der Waals surface area contributed by atoms with Crippen LogP contribution in [0.2, 0.25) is 0 Å². The van der Waals surface area contributed by atoms with Gasteiger partial charge in [0.25, 0.3) is 5.91 Å². The Morgan fingerprint density at radius 3 is 2.38 bits per heavy atom. The quantitative estimate of drug-likeness (QED) is 0.433. The summed E-state index contributed by atoms with van der Waals surface area (Å²) in [6, 6.07) is 24.5. The van der Waals surface area contributed by atoms with E-state index >= 15 is 0 Å². The number of aryl methyl sites for hydroxylation is 1. The van der Waals surface area contributed by atoms with Gasteiger partial charge in [-0.25, -0.2) is 18.1 Å². The molecule has 0 fully saturated rings. The fourth-order valence-corrected chi connectivity index (χ4v) is 4.41. The maximum absolute atomic E-state index is 12.6. The smallest absolute Gasteiger partial charge is 0.251 e. The zero-order valence-electron chi connectivity index (χ0n) is 17.7. The van der Waals surface area contributed by atoms with Crippen molar-refractivity contribution in [2.24, 2.45) is 0 Å². The predicted molar refractivity (Wildman–Crippen MR) is 125 cm³/mol. The Hall–Kier alpha value is -3.49. The van der Waals surface area contributed by atoms with E-state index < -0.39 is 10.0 Å². The molecule has 0 spiro atoms. The number of nitrogens with zero attached hydrogens (tertiary/aromatic N) is 2. The standard InChI is InChI=1S/C24H24N4O3S/c1-18-27-22-16-20(12-13-23(22)28(18)21-10-6-3-7-11-21)24(29)25-14-15-32(30,31)26-17-19-8-4-2-5-9-19/h2-13,16,26H,14-15,17H2,1H3,(H,25,29). The fraction of sp³-hybridized carbons (Fsp3) is 0.167. The summed E-state index contributed by atoms with van der Waals surface area (Å²) >= 11 is 0. The first kappa shape index (κ1) is 21.7. The Morgan fingerprint density at radius 1 is 0.969 bits per heavy atom. The fourth-order valence-electron chi connectivity index (χ4n) is 3.51. The SMILES string of the molecule is Cc1nc2cc(C(=O)NCCS(=O)(=O)NCc3ccccc3)ccc2n1-c1ccccc1. The summed E-state index contributed by atoms with van der Waals surface area (Å²) in [5, 5.41) is 2.68. The first-order chi connectivity index (χ1) is 15.4. The summed E-state index contributed by atoms with van der Waals surface area (Å²) in [4.78, 5) is 17.1. The van der Waals surface area contributed by atoms with Crippen molar-refractivity contribution in [1.29, 1.82) is 0 Å². The van der Waals surface area contributed by atoms with Crippen LogP contribution < -0.4 is 10.0 Å². The van der Waals surface area contributed by atoms with Gasteiger partial charge in [0.2, 0.25) is 10.0 Å². The molecule has 1 amide bonds. The number of hydrogen-bond donors (Lipinski definition) is 2. The van der Waals surface area contributed by atoms with Gasteiger partial charge in [0.1, 0.15) is 5.82 Å². The molecule has 1 heterocycles. The van der Waals surface area contributed by atoms with Crippen molar-refractivity contribution in [1.82, 2.24) is 19.6 Å². The third kappa shape index (κ3) is 5.04. The molecule has 8 heteroatoms. The van der Waals surface area contributed by atoms with Gasteiger partial charge < -0.3 is 5.32 Å². The molecule has 3 aromatic carbocycles. The van der Waals surface area contributed by atoms with E-state index in [1.807, 2.05) is 78.2 Å². The summed E-state index contributed by atoms with van der Waals surface area (Å²) < 4.78 is 29.0. The number of sulfonamides is 1. The van der Waals surface area contributed by atoms with Crippen LogP contribution in [0, 0.1) is 6.92 Å². The van der Waals surface area contributed by atoms with Gasteiger partial charge in [0.15, 0.2) is 0 Å². The minimum Gasteiger partial charge on any atom is -0.351 e. The molecule has 7 nitrogen and oxygen atoms in total. The van der Waals surface area contributed by atoms with Crippen LogP contribution in [0.4, 0.5) is 0 Å². The Morgan fingerprint density at radius 2 is 1.66 bits per heavy atom. The average Bonchev–Trinajstić information content (AvgIpc) is 3.13. The summed E-state index contributed by atoms with van der Waals surface area (Å²) in [6.07, 6.45) is 0. The molecule has 4 rings (SSSR count). The zero-order valence-corrected chi connectivity index (χ0v) is 18.5.